The lowest BCUT2D eigenvalue weighted by Gasteiger charge is -2.33. The molecule has 2 aromatic carbocycles. The predicted octanol–water partition coefficient (Wildman–Crippen LogP) is 4.93. The Labute approximate surface area is 216 Å². The minimum Gasteiger partial charge on any atom is -0.447 e. The molecular formula is C26H24ClN5O3S. The van der Waals surface area contributed by atoms with Gasteiger partial charge in [0.25, 0.3) is 5.56 Å². The number of anilines is 1. The smallest absolute Gasteiger partial charge is 0.410 e. The van der Waals surface area contributed by atoms with Crippen LogP contribution in [-0.4, -0.2) is 50.8 Å². The highest BCUT2D eigenvalue weighted by Gasteiger charge is 2.38. The average molecular weight is 522 g/mol. The first-order chi connectivity index (χ1) is 17.5. The topological polar surface area (TPSA) is 89.4 Å². The van der Waals surface area contributed by atoms with Gasteiger partial charge in [0, 0.05) is 40.4 Å². The normalized spacial score (nSPS) is 19.4. The van der Waals surface area contributed by atoms with Gasteiger partial charge in [-0.3, -0.25) is 9.36 Å². The van der Waals surface area contributed by atoms with Crippen molar-refractivity contribution in [1.29, 1.82) is 0 Å². The van der Waals surface area contributed by atoms with Crippen LogP contribution in [0.25, 0.3) is 21.5 Å². The number of carbonyl (C=O) groups excluding carboxylic acids is 1. The lowest BCUT2D eigenvalue weighted by atomic mass is 9.97. The highest BCUT2D eigenvalue weighted by atomic mass is 35.5. The second-order valence-electron chi connectivity index (χ2n) is 9.22. The second-order valence-corrected chi connectivity index (χ2v) is 10.5. The zero-order valence-electron chi connectivity index (χ0n) is 19.6. The summed E-state index contributed by atoms with van der Waals surface area (Å²) in [5, 5.41) is 7.66. The number of rotatable bonds is 5. The van der Waals surface area contributed by atoms with Gasteiger partial charge >= 0.3 is 6.09 Å². The van der Waals surface area contributed by atoms with Gasteiger partial charge in [-0.05, 0) is 49.6 Å². The van der Waals surface area contributed by atoms with Crippen LogP contribution in [0.15, 0.2) is 52.8 Å². The lowest BCUT2D eigenvalue weighted by molar-refractivity contribution is 0.153. The SMILES string of the molecule is Cc1nc2cc(-c3nccs3)c(N[C@H]3CCN4C(=O)OC[C@@H]4C3)cc2c(=O)n1Cc1ccc(Cl)cc1. The molecule has 2 aliphatic rings. The summed E-state index contributed by atoms with van der Waals surface area (Å²) in [5.74, 6) is 0.645. The van der Waals surface area contributed by atoms with E-state index in [1.165, 1.54) is 0 Å². The number of benzene rings is 2. The number of thiazole rings is 1. The average Bonchev–Trinajstić information content (AvgIpc) is 3.53. The van der Waals surface area contributed by atoms with Crippen LogP contribution in [0.4, 0.5) is 10.5 Å². The van der Waals surface area contributed by atoms with Crippen LogP contribution < -0.4 is 10.9 Å². The monoisotopic (exact) mass is 521 g/mol. The van der Waals surface area contributed by atoms with Gasteiger partial charge in [-0.2, -0.15) is 0 Å². The third kappa shape index (κ3) is 4.22. The molecule has 4 aromatic rings. The molecule has 10 heteroatoms. The number of hydrogen-bond donors (Lipinski definition) is 1. The Hall–Kier alpha value is -3.43. The maximum atomic E-state index is 13.6. The molecule has 2 atom stereocenters. The highest BCUT2D eigenvalue weighted by Crippen LogP contribution is 2.35. The number of ether oxygens (including phenoxy) is 1. The van der Waals surface area contributed by atoms with Crippen molar-refractivity contribution < 1.29 is 9.53 Å². The van der Waals surface area contributed by atoms with Crippen LogP contribution in [0, 0.1) is 6.92 Å². The van der Waals surface area contributed by atoms with Gasteiger partial charge in [0.05, 0.1) is 23.5 Å². The largest absolute Gasteiger partial charge is 0.447 e. The molecule has 0 saturated carbocycles. The molecule has 8 nitrogen and oxygen atoms in total. The molecule has 2 fully saturated rings. The second kappa shape index (κ2) is 9.22. The third-order valence-electron chi connectivity index (χ3n) is 6.91. The molecule has 184 valence electrons. The van der Waals surface area contributed by atoms with E-state index in [4.69, 9.17) is 21.3 Å². The number of carbonyl (C=O) groups is 1. The fraction of sp³-hybridized carbons (Fsp3) is 0.308. The molecule has 2 aromatic heterocycles. The fourth-order valence-corrected chi connectivity index (χ4v) is 5.84. The van der Waals surface area contributed by atoms with Crippen molar-refractivity contribution in [1.82, 2.24) is 19.4 Å². The Kier molecular flexibility index (Phi) is 5.89. The lowest BCUT2D eigenvalue weighted by Crippen LogP contribution is -2.45. The van der Waals surface area contributed by atoms with E-state index in [0.29, 0.717) is 41.4 Å². The first-order valence-corrected chi connectivity index (χ1v) is 13.1. The van der Waals surface area contributed by atoms with Gasteiger partial charge in [0.2, 0.25) is 0 Å². The molecule has 0 bridgehead atoms. The van der Waals surface area contributed by atoms with E-state index >= 15 is 0 Å². The van der Waals surface area contributed by atoms with E-state index in [1.54, 1.807) is 22.1 Å². The van der Waals surface area contributed by atoms with Gasteiger partial charge in [0.15, 0.2) is 0 Å². The molecule has 1 amide bonds. The van der Waals surface area contributed by atoms with Crippen molar-refractivity contribution in [2.45, 2.75) is 38.4 Å². The first-order valence-electron chi connectivity index (χ1n) is 11.9. The van der Waals surface area contributed by atoms with Gasteiger partial charge in [-0.15, -0.1) is 11.3 Å². The van der Waals surface area contributed by atoms with Crippen molar-refractivity contribution >= 4 is 45.6 Å². The van der Waals surface area contributed by atoms with Crippen molar-refractivity contribution in [3.05, 3.63) is 74.7 Å². The summed E-state index contributed by atoms with van der Waals surface area (Å²) in [6.07, 6.45) is 3.13. The molecular weight excluding hydrogens is 498 g/mol. The quantitative estimate of drug-likeness (QED) is 0.401. The number of cyclic esters (lactones) is 1. The van der Waals surface area contributed by atoms with E-state index in [9.17, 15) is 9.59 Å². The molecule has 36 heavy (non-hydrogen) atoms. The molecule has 0 aliphatic carbocycles. The molecule has 6 rings (SSSR count). The summed E-state index contributed by atoms with van der Waals surface area (Å²) in [5.41, 5.74) is 3.29. The van der Waals surface area contributed by atoms with E-state index in [-0.39, 0.29) is 23.7 Å². The zero-order valence-corrected chi connectivity index (χ0v) is 21.2. The number of nitrogens with one attached hydrogen (secondary N) is 1. The molecule has 2 aliphatic heterocycles. The molecule has 0 unspecified atom stereocenters. The number of aromatic nitrogens is 3. The van der Waals surface area contributed by atoms with Gasteiger partial charge in [-0.1, -0.05) is 23.7 Å². The van der Waals surface area contributed by atoms with Crippen molar-refractivity contribution in [3.8, 4) is 10.6 Å². The maximum Gasteiger partial charge on any atom is 0.410 e. The number of aryl methyl sites for hydroxylation is 1. The Morgan fingerprint density at radius 3 is 2.83 bits per heavy atom. The number of amides is 1. The minimum atomic E-state index is -0.227. The number of nitrogens with zero attached hydrogens (tertiary/aromatic N) is 4. The Balaban J connectivity index is 1.39. The summed E-state index contributed by atoms with van der Waals surface area (Å²) in [7, 11) is 0. The first kappa shape index (κ1) is 23.0. The van der Waals surface area contributed by atoms with Crippen LogP contribution >= 0.6 is 22.9 Å². The fourth-order valence-electron chi connectivity index (χ4n) is 5.04. The van der Waals surface area contributed by atoms with Crippen molar-refractivity contribution in [2.75, 3.05) is 18.5 Å². The van der Waals surface area contributed by atoms with Crippen LogP contribution in [-0.2, 0) is 11.3 Å². The number of piperidine rings is 1. The molecule has 2 saturated heterocycles. The zero-order chi connectivity index (χ0) is 24.8. The standard InChI is InChI=1S/C26H24ClN5O3S/c1-15-29-23-11-20(24-28-7-9-36-24)22(30-18-6-8-31-19(10-18)14-35-26(31)34)12-21(23)25(33)32(15)13-16-2-4-17(27)5-3-16/h2-5,7,9,11-12,18-19,30H,6,8,10,13-14H2,1H3/t18-,19-/m0/s1. The summed E-state index contributed by atoms with van der Waals surface area (Å²) in [4.78, 5) is 36.7. The predicted molar refractivity (Wildman–Crippen MR) is 141 cm³/mol. The van der Waals surface area contributed by atoms with Crippen LogP contribution in [0.2, 0.25) is 5.02 Å². The molecule has 0 spiro atoms. The summed E-state index contributed by atoms with van der Waals surface area (Å²) >= 11 is 7.57. The van der Waals surface area contributed by atoms with Crippen LogP contribution in [0.5, 0.6) is 0 Å². The summed E-state index contributed by atoms with van der Waals surface area (Å²) in [6.45, 7) is 3.34. The highest BCUT2D eigenvalue weighted by molar-refractivity contribution is 7.13. The van der Waals surface area contributed by atoms with Gasteiger partial charge in [0.1, 0.15) is 17.4 Å². The van der Waals surface area contributed by atoms with E-state index in [0.717, 1.165) is 34.7 Å². The van der Waals surface area contributed by atoms with E-state index < -0.39 is 0 Å². The third-order valence-corrected chi connectivity index (χ3v) is 7.97. The minimum absolute atomic E-state index is 0.0773. The Morgan fingerprint density at radius 1 is 1.22 bits per heavy atom. The van der Waals surface area contributed by atoms with Gasteiger partial charge < -0.3 is 15.0 Å². The number of halogens is 1. The molecule has 0 radical (unpaired) electrons. The van der Waals surface area contributed by atoms with Crippen LogP contribution in [0.3, 0.4) is 0 Å². The Morgan fingerprint density at radius 2 is 2.06 bits per heavy atom. The number of hydrogen-bond acceptors (Lipinski definition) is 7. The molecule has 4 heterocycles. The van der Waals surface area contributed by atoms with Crippen LogP contribution in [0.1, 0.15) is 24.2 Å². The van der Waals surface area contributed by atoms with Crippen molar-refractivity contribution in [3.63, 3.8) is 0 Å². The maximum absolute atomic E-state index is 13.6. The molecule has 1 N–H and O–H groups in total. The number of fused-ring (bicyclic) bond motifs is 2. The van der Waals surface area contributed by atoms with E-state index in [2.05, 4.69) is 10.3 Å². The Bertz CT molecular complexity index is 1500. The summed E-state index contributed by atoms with van der Waals surface area (Å²) < 4.78 is 6.92. The van der Waals surface area contributed by atoms with Crippen molar-refractivity contribution in [2.24, 2.45) is 0 Å². The van der Waals surface area contributed by atoms with E-state index in [1.807, 2.05) is 53.6 Å². The van der Waals surface area contributed by atoms with Gasteiger partial charge in [-0.25, -0.2) is 14.8 Å². The summed E-state index contributed by atoms with van der Waals surface area (Å²) in [6, 6.07) is 11.6.